The van der Waals surface area contributed by atoms with Crippen LogP contribution in [0, 0.1) is 5.82 Å². The Kier molecular flexibility index (Phi) is 3.52. The molecule has 0 N–H and O–H groups in total. The number of hydrogen-bond acceptors (Lipinski definition) is 2. The molecule has 6 heteroatoms. The van der Waals surface area contributed by atoms with Crippen LogP contribution in [-0.2, 0) is 0 Å². The van der Waals surface area contributed by atoms with E-state index < -0.39 is 5.82 Å². The van der Waals surface area contributed by atoms with Crippen molar-refractivity contribution >= 4 is 37.5 Å². The zero-order chi connectivity index (χ0) is 14.3. The van der Waals surface area contributed by atoms with Gasteiger partial charge < -0.3 is 9.14 Å². The molecule has 0 radical (unpaired) electrons. The lowest BCUT2D eigenvalue weighted by molar-refractivity contribution is 0.386. The highest BCUT2D eigenvalue weighted by Gasteiger charge is 2.10. The van der Waals surface area contributed by atoms with Crippen molar-refractivity contribution < 1.29 is 9.13 Å². The summed E-state index contributed by atoms with van der Waals surface area (Å²) in [6.07, 6.45) is 3.75. The number of benzene rings is 1. The van der Waals surface area contributed by atoms with E-state index in [0.29, 0.717) is 11.3 Å². The summed E-state index contributed by atoms with van der Waals surface area (Å²) >= 11 is 6.89. The molecule has 0 saturated carbocycles. The lowest BCUT2D eigenvalue weighted by Crippen LogP contribution is -1.88. The predicted octanol–water partition coefficient (Wildman–Crippen LogP) is 4.67. The van der Waals surface area contributed by atoms with Crippen molar-refractivity contribution in [2.24, 2.45) is 0 Å². The summed E-state index contributed by atoms with van der Waals surface area (Å²) in [7, 11) is 1.44. The molecule has 0 aliphatic heterocycles. The lowest BCUT2D eigenvalue weighted by Gasteiger charge is -2.02. The number of hydrogen-bond donors (Lipinski definition) is 0. The third-order valence-electron chi connectivity index (χ3n) is 2.92. The Bertz CT molecular complexity index is 801. The van der Waals surface area contributed by atoms with E-state index in [1.54, 1.807) is 12.1 Å². The van der Waals surface area contributed by atoms with Gasteiger partial charge >= 0.3 is 0 Å². The van der Waals surface area contributed by atoms with Crippen LogP contribution in [-0.4, -0.2) is 16.5 Å². The molecule has 0 unspecified atom stereocenters. The molecular formula is C14H9Br2FN2O. The average molecular weight is 400 g/mol. The van der Waals surface area contributed by atoms with Crippen LogP contribution in [0.1, 0.15) is 0 Å². The molecule has 3 rings (SSSR count). The van der Waals surface area contributed by atoms with E-state index in [1.165, 1.54) is 13.2 Å². The van der Waals surface area contributed by atoms with E-state index in [0.717, 1.165) is 14.6 Å². The smallest absolute Gasteiger partial charge is 0.165 e. The molecule has 0 bridgehead atoms. The molecule has 0 spiro atoms. The Balaban J connectivity index is 2.15. The summed E-state index contributed by atoms with van der Waals surface area (Å²) in [4.78, 5) is 4.51. The van der Waals surface area contributed by atoms with Crippen molar-refractivity contribution in [3.05, 3.63) is 51.4 Å². The summed E-state index contributed by atoms with van der Waals surface area (Å²) < 4.78 is 22.4. The molecule has 0 saturated heterocycles. The Labute approximate surface area is 131 Å². The van der Waals surface area contributed by atoms with Crippen LogP contribution in [0.4, 0.5) is 4.39 Å². The van der Waals surface area contributed by atoms with Crippen LogP contribution in [0.15, 0.2) is 45.6 Å². The number of imidazole rings is 1. The van der Waals surface area contributed by atoms with Crippen molar-refractivity contribution in [2.45, 2.75) is 0 Å². The van der Waals surface area contributed by atoms with Crippen molar-refractivity contribution in [1.82, 2.24) is 9.38 Å². The fraction of sp³-hybridized carbons (Fsp3) is 0.0714. The second-order valence-corrected chi connectivity index (χ2v) is 5.98. The number of nitrogens with zero attached hydrogens (tertiary/aromatic N) is 2. The van der Waals surface area contributed by atoms with Crippen molar-refractivity contribution in [3.8, 4) is 17.0 Å². The molecule has 0 amide bonds. The van der Waals surface area contributed by atoms with Gasteiger partial charge in [-0.1, -0.05) is 0 Å². The number of fused-ring (bicyclic) bond motifs is 1. The van der Waals surface area contributed by atoms with Crippen LogP contribution < -0.4 is 4.74 Å². The highest BCUT2D eigenvalue weighted by molar-refractivity contribution is 9.11. The first-order valence-corrected chi connectivity index (χ1v) is 7.35. The number of rotatable bonds is 2. The average Bonchev–Trinajstić information content (AvgIpc) is 2.82. The standard InChI is InChI=1S/C14H9Br2FN2O/c1-20-13-3-2-8(4-11(13)17)12-7-19-6-9(15)5-10(16)14(19)18-12/h2-7H,1H3. The molecule has 0 atom stereocenters. The third-order valence-corrected chi connectivity index (χ3v) is 3.94. The van der Waals surface area contributed by atoms with Crippen molar-refractivity contribution in [2.75, 3.05) is 7.11 Å². The largest absolute Gasteiger partial charge is 0.494 e. The van der Waals surface area contributed by atoms with Crippen molar-refractivity contribution in [1.29, 1.82) is 0 Å². The fourth-order valence-corrected chi connectivity index (χ4v) is 3.29. The summed E-state index contributed by atoms with van der Waals surface area (Å²) in [5.74, 6) is -0.177. The molecule has 0 aliphatic rings. The molecule has 0 fully saturated rings. The van der Waals surface area contributed by atoms with Gasteiger partial charge in [0.15, 0.2) is 17.2 Å². The van der Waals surface area contributed by atoms with E-state index in [1.807, 2.05) is 22.9 Å². The Morgan fingerprint density at radius 2 is 2.00 bits per heavy atom. The minimum Gasteiger partial charge on any atom is -0.494 e. The molecule has 3 nitrogen and oxygen atoms in total. The number of pyridine rings is 1. The van der Waals surface area contributed by atoms with E-state index in [9.17, 15) is 4.39 Å². The SMILES string of the molecule is COc1ccc(-c2cn3cc(Br)cc(Br)c3n2)cc1F. The molecule has 2 aromatic heterocycles. The Morgan fingerprint density at radius 3 is 2.70 bits per heavy atom. The second kappa shape index (κ2) is 5.18. The minimum atomic E-state index is -0.401. The maximum atomic E-state index is 13.8. The Morgan fingerprint density at radius 1 is 1.20 bits per heavy atom. The van der Waals surface area contributed by atoms with Gasteiger partial charge in [0.2, 0.25) is 0 Å². The molecule has 102 valence electrons. The summed E-state index contributed by atoms with van der Waals surface area (Å²) in [6.45, 7) is 0. The highest BCUT2D eigenvalue weighted by Crippen LogP contribution is 2.28. The van der Waals surface area contributed by atoms with Gasteiger partial charge in [0, 0.05) is 22.4 Å². The molecule has 1 aromatic carbocycles. The summed E-state index contributed by atoms with van der Waals surface area (Å²) in [5, 5.41) is 0. The first kappa shape index (κ1) is 13.6. The van der Waals surface area contributed by atoms with Gasteiger partial charge in [0.1, 0.15) is 0 Å². The third kappa shape index (κ3) is 2.33. The van der Waals surface area contributed by atoms with Gasteiger partial charge in [-0.25, -0.2) is 9.37 Å². The molecule has 3 aromatic rings. The molecular weight excluding hydrogens is 391 g/mol. The molecule has 0 aliphatic carbocycles. The monoisotopic (exact) mass is 398 g/mol. The van der Waals surface area contributed by atoms with Gasteiger partial charge in [-0.2, -0.15) is 0 Å². The number of ether oxygens (including phenoxy) is 1. The van der Waals surface area contributed by atoms with Crippen LogP contribution in [0.5, 0.6) is 5.75 Å². The van der Waals surface area contributed by atoms with E-state index >= 15 is 0 Å². The quantitative estimate of drug-likeness (QED) is 0.625. The maximum absolute atomic E-state index is 13.8. The van der Waals surface area contributed by atoms with Gasteiger partial charge in [-0.3, -0.25) is 0 Å². The van der Waals surface area contributed by atoms with Gasteiger partial charge in [-0.15, -0.1) is 0 Å². The lowest BCUT2D eigenvalue weighted by atomic mass is 10.1. The first-order chi connectivity index (χ1) is 9.58. The topological polar surface area (TPSA) is 26.5 Å². The van der Waals surface area contributed by atoms with Crippen LogP contribution in [0.2, 0.25) is 0 Å². The van der Waals surface area contributed by atoms with Crippen LogP contribution in [0.3, 0.4) is 0 Å². The zero-order valence-electron chi connectivity index (χ0n) is 10.4. The minimum absolute atomic E-state index is 0.224. The van der Waals surface area contributed by atoms with Gasteiger partial charge in [0.05, 0.1) is 17.3 Å². The number of halogens is 3. The number of aromatic nitrogens is 2. The van der Waals surface area contributed by atoms with E-state index in [4.69, 9.17) is 4.74 Å². The number of methoxy groups -OCH3 is 1. The summed E-state index contributed by atoms with van der Waals surface area (Å²) in [5.41, 5.74) is 2.18. The van der Waals surface area contributed by atoms with Crippen molar-refractivity contribution in [3.63, 3.8) is 0 Å². The highest BCUT2D eigenvalue weighted by atomic mass is 79.9. The zero-order valence-corrected chi connectivity index (χ0v) is 13.6. The fourth-order valence-electron chi connectivity index (χ4n) is 1.99. The van der Waals surface area contributed by atoms with Crippen LogP contribution in [0.25, 0.3) is 16.9 Å². The van der Waals surface area contributed by atoms with E-state index in [2.05, 4.69) is 36.8 Å². The second-order valence-electron chi connectivity index (χ2n) is 4.21. The van der Waals surface area contributed by atoms with Gasteiger partial charge in [-0.05, 0) is 56.1 Å². The molecule has 2 heterocycles. The summed E-state index contributed by atoms with van der Waals surface area (Å²) in [6, 6.07) is 6.72. The normalized spacial score (nSPS) is 11.0. The molecule has 20 heavy (non-hydrogen) atoms. The Hall–Kier alpha value is -1.40. The maximum Gasteiger partial charge on any atom is 0.165 e. The van der Waals surface area contributed by atoms with E-state index in [-0.39, 0.29) is 5.75 Å². The van der Waals surface area contributed by atoms with Crippen LogP contribution >= 0.6 is 31.9 Å². The predicted molar refractivity (Wildman–Crippen MR) is 82.5 cm³/mol. The van der Waals surface area contributed by atoms with Gasteiger partial charge in [0.25, 0.3) is 0 Å². The first-order valence-electron chi connectivity index (χ1n) is 5.76.